The highest BCUT2D eigenvalue weighted by Gasteiger charge is 2.43. The number of hydrogen-bond donors (Lipinski definition) is 4. The minimum Gasteiger partial charge on any atom is -0.289 e. The van der Waals surface area contributed by atoms with Crippen LogP contribution in [0.2, 0.25) is 0 Å². The maximum atomic E-state index is 13.8. The van der Waals surface area contributed by atoms with Crippen molar-refractivity contribution in [3.05, 3.63) is 105 Å². The summed E-state index contributed by atoms with van der Waals surface area (Å²) < 4.78 is 140. The monoisotopic (exact) mass is 734 g/mol. The lowest BCUT2D eigenvalue weighted by Crippen LogP contribution is -2.27. The van der Waals surface area contributed by atoms with Crippen molar-refractivity contribution in [2.24, 2.45) is 0 Å². The van der Waals surface area contributed by atoms with Crippen LogP contribution in [0.1, 0.15) is 63.7 Å². The van der Waals surface area contributed by atoms with Gasteiger partial charge in [-0.2, -0.15) is 33.7 Å². The summed E-state index contributed by atoms with van der Waals surface area (Å²) in [6.07, 6.45) is 0. The van der Waals surface area contributed by atoms with Crippen molar-refractivity contribution in [2.75, 3.05) is 0 Å². The molecule has 0 saturated heterocycles. The van der Waals surface area contributed by atoms with Crippen molar-refractivity contribution in [1.82, 2.24) is 0 Å². The molecule has 2 aliphatic rings. The molecule has 2 aliphatic carbocycles. The molecule has 0 bridgehead atoms. The molecule has 0 fully saturated rings. The highest BCUT2D eigenvalue weighted by atomic mass is 32.2. The van der Waals surface area contributed by atoms with Crippen molar-refractivity contribution >= 4 is 63.6 Å². The first-order valence-electron chi connectivity index (χ1n) is 12.8. The van der Waals surface area contributed by atoms with E-state index in [1.165, 1.54) is 0 Å². The third-order valence-electron chi connectivity index (χ3n) is 7.62. The number of fused-ring (bicyclic) bond motifs is 4. The first-order valence-corrected chi connectivity index (χ1v) is 18.5. The normalized spacial score (nSPS) is 14.7. The highest BCUT2D eigenvalue weighted by Crippen LogP contribution is 2.44. The summed E-state index contributed by atoms with van der Waals surface area (Å²) in [6.45, 7) is 0. The largest absolute Gasteiger partial charge is 0.295 e. The van der Waals surface area contributed by atoms with Crippen molar-refractivity contribution < 1.29 is 71.1 Å². The van der Waals surface area contributed by atoms with Gasteiger partial charge in [-0.1, -0.05) is 36.4 Å². The maximum absolute atomic E-state index is 13.8. The zero-order chi connectivity index (χ0) is 35.5. The zero-order valence-corrected chi connectivity index (χ0v) is 26.4. The molecule has 4 N–H and O–H groups in total. The number of benzene rings is 4. The number of carbonyl (C=O) groups excluding carboxylic acids is 4. The fraction of sp³-hybridized carbons (Fsp3) is 0. The van der Waals surface area contributed by atoms with Gasteiger partial charge in [-0.15, -0.1) is 0 Å². The summed E-state index contributed by atoms with van der Waals surface area (Å²) in [4.78, 5) is 49.4. The molecule has 0 atom stereocenters. The van der Waals surface area contributed by atoms with Gasteiger partial charge in [0.1, 0.15) is 19.6 Å². The van der Waals surface area contributed by atoms with Crippen LogP contribution in [-0.2, 0) is 40.5 Å². The summed E-state index contributed by atoms with van der Waals surface area (Å²) in [5.41, 5.74) is -8.74. The average molecular weight is 735 g/mol. The second-order valence-corrected chi connectivity index (χ2v) is 15.8. The predicted octanol–water partition coefficient (Wildman–Crippen LogP) is 1.89. The molecule has 0 saturated carbocycles. The standard InChI is InChI=1S/C28H14O16S4/c29-23-13-3-1-6-18(46(36,37)38)20(13)26(32)22-15(23)9-7-12(28(22)48(42,43)44)11-8-10-16-21(27(11)47(39,40)41)25(31)14-4-2-5-17(45(33,34)35)19(14)24(16)30/h1-10H,(H,33,34,35)(H,36,37,38)(H,39,40,41)(H,42,43,44). The molecule has 16 nitrogen and oxygen atoms in total. The van der Waals surface area contributed by atoms with E-state index in [1.807, 2.05) is 0 Å². The molecule has 6 rings (SSSR count). The predicted molar refractivity (Wildman–Crippen MR) is 158 cm³/mol. The minimum absolute atomic E-state index is 0.573. The molecule has 246 valence electrons. The van der Waals surface area contributed by atoms with Crippen molar-refractivity contribution in [1.29, 1.82) is 0 Å². The Morgan fingerprint density at radius 1 is 0.333 bits per heavy atom. The summed E-state index contributed by atoms with van der Waals surface area (Å²) in [5, 5.41) is 0. The summed E-state index contributed by atoms with van der Waals surface area (Å²) in [6, 6.07) is 8.36. The molecule has 0 spiro atoms. The van der Waals surface area contributed by atoms with E-state index >= 15 is 0 Å². The lowest BCUT2D eigenvalue weighted by molar-refractivity contribution is 0.0973. The van der Waals surface area contributed by atoms with Gasteiger partial charge < -0.3 is 0 Å². The lowest BCUT2D eigenvalue weighted by Gasteiger charge is -2.25. The zero-order valence-electron chi connectivity index (χ0n) is 23.1. The van der Waals surface area contributed by atoms with Gasteiger partial charge >= 0.3 is 0 Å². The number of ketones is 4. The Balaban J connectivity index is 1.73. The molecule has 0 heterocycles. The van der Waals surface area contributed by atoms with E-state index in [0.717, 1.165) is 54.6 Å². The number of carbonyl (C=O) groups is 4. The fourth-order valence-corrected chi connectivity index (χ4v) is 9.09. The van der Waals surface area contributed by atoms with Gasteiger partial charge in [0.25, 0.3) is 40.5 Å². The second-order valence-electron chi connectivity index (χ2n) is 10.3. The van der Waals surface area contributed by atoms with E-state index in [9.17, 15) is 71.1 Å². The molecule has 0 unspecified atom stereocenters. The summed E-state index contributed by atoms with van der Waals surface area (Å²) in [5.74, 6) is -5.36. The molecule has 0 aromatic heterocycles. The average Bonchev–Trinajstić information content (AvgIpc) is 2.98. The Hall–Kier alpha value is -4.80. The minimum atomic E-state index is -5.72. The van der Waals surface area contributed by atoms with E-state index in [1.54, 1.807) is 0 Å². The smallest absolute Gasteiger partial charge is 0.289 e. The maximum Gasteiger partial charge on any atom is 0.295 e. The van der Waals surface area contributed by atoms with E-state index < -0.39 is 139 Å². The topological polar surface area (TPSA) is 286 Å². The van der Waals surface area contributed by atoms with Gasteiger partial charge in [-0.3, -0.25) is 37.4 Å². The van der Waals surface area contributed by atoms with Gasteiger partial charge in [0.05, 0.1) is 22.3 Å². The first kappa shape index (κ1) is 33.1. The van der Waals surface area contributed by atoms with Crippen LogP contribution >= 0.6 is 0 Å². The quantitative estimate of drug-likeness (QED) is 0.184. The molecule has 4 aromatic rings. The molecular weight excluding hydrogens is 721 g/mol. The Labute approximate surface area is 269 Å². The fourth-order valence-electron chi connectivity index (χ4n) is 5.83. The van der Waals surface area contributed by atoms with Crippen LogP contribution in [0.25, 0.3) is 11.1 Å². The van der Waals surface area contributed by atoms with E-state index in [4.69, 9.17) is 0 Å². The van der Waals surface area contributed by atoms with Crippen LogP contribution < -0.4 is 0 Å². The van der Waals surface area contributed by atoms with Crippen LogP contribution in [-0.4, -0.2) is 75.0 Å². The lowest BCUT2D eigenvalue weighted by atomic mass is 9.80. The van der Waals surface area contributed by atoms with E-state index in [-0.39, 0.29) is 0 Å². The molecule has 0 aliphatic heterocycles. The van der Waals surface area contributed by atoms with Gasteiger partial charge in [0.15, 0.2) is 23.1 Å². The van der Waals surface area contributed by atoms with E-state index in [0.29, 0.717) is 6.07 Å². The SMILES string of the molecule is O=C1c2cccc(S(=O)(=O)O)c2C(=O)c2c1ccc(-c1ccc3c(c1S(=O)(=O)O)C(=O)c1cccc(S(=O)(=O)O)c1C3=O)c2S(=O)(=O)O. The number of hydrogen-bond acceptors (Lipinski definition) is 12. The van der Waals surface area contributed by atoms with Crippen molar-refractivity contribution in [3.63, 3.8) is 0 Å². The van der Waals surface area contributed by atoms with Crippen LogP contribution in [0.3, 0.4) is 0 Å². The van der Waals surface area contributed by atoms with Crippen LogP contribution in [0, 0.1) is 0 Å². The summed E-state index contributed by atoms with van der Waals surface area (Å²) >= 11 is 0. The molecule has 4 aromatic carbocycles. The van der Waals surface area contributed by atoms with Gasteiger partial charge in [-0.05, 0) is 24.3 Å². The van der Waals surface area contributed by atoms with Gasteiger partial charge in [0.2, 0.25) is 0 Å². The van der Waals surface area contributed by atoms with Crippen molar-refractivity contribution in [2.45, 2.75) is 19.6 Å². The van der Waals surface area contributed by atoms with Crippen LogP contribution in [0.4, 0.5) is 0 Å². The summed E-state index contributed by atoms with van der Waals surface area (Å²) in [7, 11) is -21.7. The Kier molecular flexibility index (Phi) is 7.14. The Bertz CT molecular complexity index is 2720. The van der Waals surface area contributed by atoms with Crippen LogP contribution in [0.15, 0.2) is 80.2 Å². The van der Waals surface area contributed by atoms with Gasteiger partial charge in [0, 0.05) is 33.4 Å². The van der Waals surface area contributed by atoms with Gasteiger partial charge in [-0.25, -0.2) is 0 Å². The second kappa shape index (κ2) is 10.3. The third kappa shape index (κ3) is 4.85. The highest BCUT2D eigenvalue weighted by molar-refractivity contribution is 7.87. The molecule has 0 amide bonds. The van der Waals surface area contributed by atoms with E-state index in [2.05, 4.69) is 0 Å². The molecule has 0 radical (unpaired) electrons. The van der Waals surface area contributed by atoms with Crippen LogP contribution in [0.5, 0.6) is 0 Å². The third-order valence-corrected chi connectivity index (χ3v) is 11.3. The molecular formula is C28H14O16S4. The molecule has 20 heteroatoms. The molecule has 48 heavy (non-hydrogen) atoms. The van der Waals surface area contributed by atoms with Crippen molar-refractivity contribution in [3.8, 4) is 11.1 Å². The number of rotatable bonds is 5. The first-order chi connectivity index (χ1) is 22.1. The Morgan fingerprint density at radius 2 is 0.646 bits per heavy atom. The Morgan fingerprint density at radius 3 is 1.06 bits per heavy atom.